The number of hydrogen-bond acceptors (Lipinski definition) is 3. The normalized spacial score (nSPS) is 10.6. The molecule has 1 rings (SSSR count). The van der Waals surface area contributed by atoms with Crippen molar-refractivity contribution in [2.75, 3.05) is 0 Å². The summed E-state index contributed by atoms with van der Waals surface area (Å²) in [6, 6.07) is 0. The number of aromatic amines is 1. The number of carboxylic acids is 1. The van der Waals surface area contributed by atoms with E-state index in [1.165, 1.54) is 0 Å². The number of aromatic carboxylic acids is 1. The molecular formula is C9H12N2O2S. The minimum absolute atomic E-state index is 0.0874. The molecule has 1 aromatic rings. The zero-order chi connectivity index (χ0) is 10.9. The zero-order valence-corrected chi connectivity index (χ0v) is 9.10. The van der Waals surface area contributed by atoms with Gasteiger partial charge in [-0.3, -0.25) is 0 Å². The molecule has 2 N–H and O–H groups in total. The smallest absolute Gasteiger partial charge is 0.340 e. The highest BCUT2D eigenvalue weighted by atomic mass is 32.1. The van der Waals surface area contributed by atoms with Gasteiger partial charge in [0.05, 0.1) is 0 Å². The number of nitrogens with one attached hydrogen (secondary N) is 1. The fraction of sp³-hybridized carbons (Fsp3) is 0.444. The average molecular weight is 212 g/mol. The molecule has 4 nitrogen and oxygen atoms in total. The first kappa shape index (κ1) is 10.8. The van der Waals surface area contributed by atoms with Crippen LogP contribution in [0, 0.1) is 11.6 Å². The van der Waals surface area contributed by atoms with Gasteiger partial charge in [0, 0.05) is 11.6 Å². The van der Waals surface area contributed by atoms with E-state index in [-0.39, 0.29) is 16.1 Å². The molecule has 0 aliphatic rings. The largest absolute Gasteiger partial charge is 0.478 e. The quantitative estimate of drug-likeness (QED) is 0.738. The van der Waals surface area contributed by atoms with Crippen LogP contribution in [0.5, 0.6) is 0 Å². The lowest BCUT2D eigenvalue weighted by Crippen LogP contribution is -2.08. The third-order valence-corrected chi connectivity index (χ3v) is 2.18. The lowest BCUT2D eigenvalue weighted by Gasteiger charge is -2.07. The fourth-order valence-corrected chi connectivity index (χ4v) is 1.47. The number of aromatic nitrogens is 2. The van der Waals surface area contributed by atoms with Gasteiger partial charge in [-0.15, -0.1) is 0 Å². The molecule has 0 spiro atoms. The molecule has 1 aromatic heterocycles. The predicted molar refractivity (Wildman–Crippen MR) is 55.2 cm³/mol. The second kappa shape index (κ2) is 3.88. The van der Waals surface area contributed by atoms with Crippen LogP contribution in [0.25, 0.3) is 0 Å². The molecule has 0 aliphatic heterocycles. The van der Waals surface area contributed by atoms with Crippen molar-refractivity contribution in [1.82, 2.24) is 9.97 Å². The number of nitrogens with zero attached hydrogens (tertiary/aromatic N) is 1. The Morgan fingerprint density at radius 1 is 1.57 bits per heavy atom. The van der Waals surface area contributed by atoms with E-state index in [9.17, 15) is 4.79 Å². The number of rotatable bonds is 2. The van der Waals surface area contributed by atoms with E-state index in [2.05, 4.69) is 9.97 Å². The molecule has 0 fully saturated rings. The lowest BCUT2D eigenvalue weighted by atomic mass is 10.2. The third kappa shape index (κ3) is 1.98. The Kier molecular flexibility index (Phi) is 3.00. The van der Waals surface area contributed by atoms with Crippen LogP contribution in [0.15, 0.2) is 0 Å². The van der Waals surface area contributed by atoms with E-state index in [0.29, 0.717) is 5.69 Å². The van der Waals surface area contributed by atoms with Crippen molar-refractivity contribution in [3.05, 3.63) is 21.7 Å². The van der Waals surface area contributed by atoms with Gasteiger partial charge in [0.15, 0.2) is 0 Å². The van der Waals surface area contributed by atoms with Crippen LogP contribution in [-0.4, -0.2) is 21.0 Å². The first-order valence-corrected chi connectivity index (χ1v) is 4.68. The van der Waals surface area contributed by atoms with Crippen LogP contribution in [-0.2, 0) is 0 Å². The molecule has 0 saturated heterocycles. The van der Waals surface area contributed by atoms with Gasteiger partial charge in [-0.25, -0.2) is 9.78 Å². The Balaban J connectivity index is 3.40. The summed E-state index contributed by atoms with van der Waals surface area (Å²) >= 11 is 4.91. The van der Waals surface area contributed by atoms with Crippen LogP contribution in [0.3, 0.4) is 0 Å². The van der Waals surface area contributed by atoms with Gasteiger partial charge >= 0.3 is 5.97 Å². The molecular weight excluding hydrogens is 200 g/mol. The number of carbonyl (C=O) groups is 1. The molecule has 76 valence electrons. The van der Waals surface area contributed by atoms with Crippen molar-refractivity contribution < 1.29 is 9.90 Å². The molecule has 0 unspecified atom stereocenters. The topological polar surface area (TPSA) is 66.0 Å². The molecule has 14 heavy (non-hydrogen) atoms. The third-order valence-electron chi connectivity index (χ3n) is 1.89. The van der Waals surface area contributed by atoms with Crippen molar-refractivity contribution in [3.63, 3.8) is 0 Å². The highest BCUT2D eigenvalue weighted by Gasteiger charge is 2.13. The Hall–Kier alpha value is -1.23. The maximum absolute atomic E-state index is 10.8. The van der Waals surface area contributed by atoms with Gasteiger partial charge in [-0.1, -0.05) is 26.1 Å². The summed E-state index contributed by atoms with van der Waals surface area (Å²) in [4.78, 5) is 17.8. The zero-order valence-electron chi connectivity index (χ0n) is 8.29. The van der Waals surface area contributed by atoms with Crippen molar-refractivity contribution in [1.29, 1.82) is 0 Å². The summed E-state index contributed by atoms with van der Waals surface area (Å²) in [6.45, 7) is 5.62. The molecule has 0 aliphatic carbocycles. The molecule has 0 atom stereocenters. The Bertz CT molecular complexity index is 423. The monoisotopic (exact) mass is 212 g/mol. The molecule has 0 aromatic carbocycles. The van der Waals surface area contributed by atoms with Crippen LogP contribution in [0.2, 0.25) is 0 Å². The minimum atomic E-state index is -1.04. The summed E-state index contributed by atoms with van der Waals surface area (Å²) in [7, 11) is 0. The summed E-state index contributed by atoms with van der Waals surface area (Å²) < 4.78 is 0.150. The number of carboxylic acid groups (broad SMARTS) is 1. The van der Waals surface area contributed by atoms with Gasteiger partial charge in [0.2, 0.25) is 0 Å². The summed E-state index contributed by atoms with van der Waals surface area (Å²) in [5.41, 5.74) is 0.644. The second-order valence-electron chi connectivity index (χ2n) is 3.39. The summed E-state index contributed by atoms with van der Waals surface area (Å²) in [5, 5.41) is 8.85. The highest BCUT2D eigenvalue weighted by molar-refractivity contribution is 7.71. The molecule has 0 saturated carbocycles. The van der Waals surface area contributed by atoms with Gasteiger partial charge in [0.1, 0.15) is 16.0 Å². The Morgan fingerprint density at radius 3 is 2.50 bits per heavy atom. The molecule has 0 amide bonds. The lowest BCUT2D eigenvalue weighted by molar-refractivity contribution is 0.0694. The highest BCUT2D eigenvalue weighted by Crippen LogP contribution is 2.12. The van der Waals surface area contributed by atoms with Gasteiger partial charge in [0.25, 0.3) is 0 Å². The van der Waals surface area contributed by atoms with E-state index in [1.807, 2.05) is 13.8 Å². The number of aryl methyl sites for hydroxylation is 1. The maximum atomic E-state index is 10.8. The summed E-state index contributed by atoms with van der Waals surface area (Å²) in [5.74, 6) is -0.109. The average Bonchev–Trinajstić information content (AvgIpc) is 2.01. The van der Waals surface area contributed by atoms with Crippen LogP contribution in [0.4, 0.5) is 0 Å². The first-order valence-electron chi connectivity index (χ1n) is 4.27. The van der Waals surface area contributed by atoms with E-state index >= 15 is 0 Å². The number of hydrogen-bond donors (Lipinski definition) is 2. The SMILES string of the molecule is Cc1[nH]c(C(C)C)nc(=S)c1C(=O)O. The van der Waals surface area contributed by atoms with Crippen molar-refractivity contribution in [3.8, 4) is 0 Å². The van der Waals surface area contributed by atoms with Gasteiger partial charge < -0.3 is 10.1 Å². The van der Waals surface area contributed by atoms with E-state index < -0.39 is 5.97 Å². The Morgan fingerprint density at radius 2 is 2.14 bits per heavy atom. The van der Waals surface area contributed by atoms with Crippen molar-refractivity contribution >= 4 is 18.2 Å². The second-order valence-corrected chi connectivity index (χ2v) is 3.77. The number of H-pyrrole nitrogens is 1. The van der Waals surface area contributed by atoms with Crippen molar-refractivity contribution in [2.45, 2.75) is 26.7 Å². The molecule has 1 heterocycles. The maximum Gasteiger partial charge on any atom is 0.340 e. The molecule has 0 bridgehead atoms. The van der Waals surface area contributed by atoms with E-state index in [4.69, 9.17) is 17.3 Å². The fourth-order valence-electron chi connectivity index (χ4n) is 1.13. The first-order chi connectivity index (χ1) is 6.43. The van der Waals surface area contributed by atoms with Gasteiger partial charge in [-0.05, 0) is 6.92 Å². The van der Waals surface area contributed by atoms with Crippen LogP contribution < -0.4 is 0 Å². The predicted octanol–water partition coefficient (Wildman–Crippen LogP) is 2.27. The van der Waals surface area contributed by atoms with Crippen LogP contribution in [0.1, 0.15) is 41.6 Å². The standard InChI is InChI=1S/C9H12N2O2S/c1-4(2)7-10-5(3)6(9(12)13)8(14)11-7/h4H,1-3H3,(H,12,13)(H,10,11,14). The Labute approximate surface area is 87.0 Å². The van der Waals surface area contributed by atoms with Gasteiger partial charge in [-0.2, -0.15) is 0 Å². The molecule has 0 radical (unpaired) electrons. The van der Waals surface area contributed by atoms with E-state index in [0.717, 1.165) is 5.82 Å². The molecule has 5 heteroatoms. The minimum Gasteiger partial charge on any atom is -0.478 e. The van der Waals surface area contributed by atoms with E-state index in [1.54, 1.807) is 6.92 Å². The van der Waals surface area contributed by atoms with Crippen LogP contribution >= 0.6 is 12.2 Å². The summed E-state index contributed by atoms with van der Waals surface area (Å²) in [6.07, 6.45) is 0. The van der Waals surface area contributed by atoms with Crippen molar-refractivity contribution in [2.24, 2.45) is 0 Å².